The number of aromatic nitrogens is 1. The zero-order valence-corrected chi connectivity index (χ0v) is 6.96. The van der Waals surface area contributed by atoms with Gasteiger partial charge in [-0.1, -0.05) is 6.58 Å². The first kappa shape index (κ1) is 9.98. The van der Waals surface area contributed by atoms with Gasteiger partial charge in [-0.15, -0.1) is 0 Å². The minimum absolute atomic E-state index is 0. The molecule has 0 spiro atoms. The molecule has 0 fully saturated rings. The summed E-state index contributed by atoms with van der Waals surface area (Å²) >= 11 is 0. The quantitative estimate of drug-likeness (QED) is 0.395. The van der Waals surface area contributed by atoms with Crippen LogP contribution in [-0.4, -0.2) is 0 Å². The van der Waals surface area contributed by atoms with Crippen molar-refractivity contribution in [3.63, 3.8) is 0 Å². The summed E-state index contributed by atoms with van der Waals surface area (Å²) < 4.78 is 2.00. The molecule has 1 aromatic rings. The molecule has 0 radical (unpaired) electrons. The van der Waals surface area contributed by atoms with Crippen molar-refractivity contribution < 1.29 is 17.0 Å². The summed E-state index contributed by atoms with van der Waals surface area (Å²) in [5, 5.41) is 0. The van der Waals surface area contributed by atoms with E-state index in [1.807, 2.05) is 35.2 Å². The first-order chi connectivity index (χ1) is 4.83. The third-order valence-corrected chi connectivity index (χ3v) is 1.26. The molecular formula is C8H11ClN2. The summed E-state index contributed by atoms with van der Waals surface area (Å²) in [6, 6.07) is 3.73. The summed E-state index contributed by atoms with van der Waals surface area (Å²) in [7, 11) is 0. The molecule has 1 aromatic heterocycles. The summed E-state index contributed by atoms with van der Waals surface area (Å²) in [6.45, 7) is 4.46. The number of rotatable bonds is 2. The molecule has 60 valence electrons. The zero-order chi connectivity index (χ0) is 7.40. The Morgan fingerprint density at radius 1 is 1.45 bits per heavy atom. The van der Waals surface area contributed by atoms with Crippen LogP contribution in [-0.2, 0) is 6.54 Å². The Morgan fingerprint density at radius 2 is 2.00 bits per heavy atom. The first-order valence-electron chi connectivity index (χ1n) is 3.18. The van der Waals surface area contributed by atoms with E-state index in [1.54, 1.807) is 0 Å². The molecule has 0 aliphatic heterocycles. The molecule has 0 saturated carbocycles. The molecule has 0 atom stereocenters. The largest absolute Gasteiger partial charge is 1.00 e. The van der Waals surface area contributed by atoms with Crippen LogP contribution >= 0.6 is 0 Å². The van der Waals surface area contributed by atoms with Gasteiger partial charge in [0.15, 0.2) is 18.9 Å². The van der Waals surface area contributed by atoms with Crippen LogP contribution in [0.5, 0.6) is 0 Å². The van der Waals surface area contributed by atoms with Crippen LogP contribution in [0, 0.1) is 0 Å². The summed E-state index contributed by atoms with van der Waals surface area (Å²) in [6.07, 6.45) is 5.70. The molecule has 1 rings (SSSR count). The van der Waals surface area contributed by atoms with Gasteiger partial charge in [-0.2, -0.15) is 0 Å². The molecule has 0 aliphatic rings. The van der Waals surface area contributed by atoms with Gasteiger partial charge in [-0.05, 0) is 6.08 Å². The highest BCUT2D eigenvalue weighted by atomic mass is 35.5. The minimum atomic E-state index is 0. The van der Waals surface area contributed by atoms with E-state index in [9.17, 15) is 0 Å². The molecule has 0 amide bonds. The van der Waals surface area contributed by atoms with Crippen molar-refractivity contribution >= 4 is 5.69 Å². The van der Waals surface area contributed by atoms with Crippen molar-refractivity contribution in [2.75, 3.05) is 5.73 Å². The van der Waals surface area contributed by atoms with Crippen LogP contribution in [0.2, 0.25) is 0 Å². The van der Waals surface area contributed by atoms with E-state index < -0.39 is 0 Å². The average molecular weight is 171 g/mol. The smallest absolute Gasteiger partial charge is 0.171 e. The van der Waals surface area contributed by atoms with Crippen LogP contribution in [0.25, 0.3) is 0 Å². The van der Waals surface area contributed by atoms with Gasteiger partial charge < -0.3 is 18.1 Å². The Hall–Kier alpha value is -1.02. The lowest BCUT2D eigenvalue weighted by Crippen LogP contribution is -3.00. The summed E-state index contributed by atoms with van der Waals surface area (Å²) in [5.41, 5.74) is 6.28. The van der Waals surface area contributed by atoms with Gasteiger partial charge in [-0.3, -0.25) is 0 Å². The zero-order valence-electron chi connectivity index (χ0n) is 6.20. The van der Waals surface area contributed by atoms with E-state index in [4.69, 9.17) is 5.73 Å². The van der Waals surface area contributed by atoms with E-state index in [0.717, 1.165) is 12.2 Å². The standard InChI is InChI=1S/C8H10N2.ClH/c1-2-5-10-6-3-8(9)4-7-10;/h2-4,6-7,9H,1,5H2;1H. The molecule has 0 aliphatic carbocycles. The van der Waals surface area contributed by atoms with Crippen molar-refractivity contribution in [1.82, 2.24) is 0 Å². The van der Waals surface area contributed by atoms with E-state index in [1.165, 1.54) is 0 Å². The van der Waals surface area contributed by atoms with Crippen LogP contribution in [0.4, 0.5) is 5.69 Å². The third kappa shape index (κ3) is 3.05. The number of nitrogens with two attached hydrogens (primary N) is 1. The highest BCUT2D eigenvalue weighted by Crippen LogP contribution is 1.92. The Balaban J connectivity index is 0.000001000. The number of nitrogens with zero attached hydrogens (tertiary/aromatic N) is 1. The molecule has 3 heteroatoms. The van der Waals surface area contributed by atoms with Crippen LogP contribution in [0.3, 0.4) is 0 Å². The van der Waals surface area contributed by atoms with Crippen LogP contribution in [0.15, 0.2) is 37.2 Å². The lowest BCUT2D eigenvalue weighted by molar-refractivity contribution is -0.686. The maximum absolute atomic E-state index is 5.48. The van der Waals surface area contributed by atoms with Crippen LogP contribution in [0.1, 0.15) is 0 Å². The fraction of sp³-hybridized carbons (Fsp3) is 0.125. The maximum Gasteiger partial charge on any atom is 0.171 e. The molecular weight excluding hydrogens is 160 g/mol. The van der Waals surface area contributed by atoms with Gasteiger partial charge in [0, 0.05) is 17.8 Å². The van der Waals surface area contributed by atoms with Gasteiger partial charge in [0.05, 0.1) is 0 Å². The lowest BCUT2D eigenvalue weighted by atomic mass is 10.4. The number of allylic oxidation sites excluding steroid dienone is 1. The molecule has 2 nitrogen and oxygen atoms in total. The van der Waals surface area contributed by atoms with Gasteiger partial charge in [0.2, 0.25) is 0 Å². The molecule has 0 aromatic carbocycles. The normalized spacial score (nSPS) is 8.36. The third-order valence-electron chi connectivity index (χ3n) is 1.26. The topological polar surface area (TPSA) is 29.9 Å². The Labute approximate surface area is 72.8 Å². The summed E-state index contributed by atoms with van der Waals surface area (Å²) in [5.74, 6) is 0. The highest BCUT2D eigenvalue weighted by molar-refractivity contribution is 5.32. The number of hydrogen-bond donors (Lipinski definition) is 1. The Morgan fingerprint density at radius 3 is 2.45 bits per heavy atom. The number of halogens is 1. The molecule has 2 N–H and O–H groups in total. The second-order valence-electron chi connectivity index (χ2n) is 2.12. The monoisotopic (exact) mass is 170 g/mol. The van der Waals surface area contributed by atoms with Crippen molar-refractivity contribution in [2.24, 2.45) is 0 Å². The molecule has 1 heterocycles. The second-order valence-corrected chi connectivity index (χ2v) is 2.12. The predicted molar refractivity (Wildman–Crippen MR) is 41.2 cm³/mol. The van der Waals surface area contributed by atoms with Crippen LogP contribution < -0.4 is 22.7 Å². The number of pyridine rings is 1. The summed E-state index contributed by atoms with van der Waals surface area (Å²) in [4.78, 5) is 0. The van der Waals surface area contributed by atoms with Crippen molar-refractivity contribution in [1.29, 1.82) is 0 Å². The lowest BCUT2D eigenvalue weighted by Gasteiger charge is -1.90. The van der Waals surface area contributed by atoms with Gasteiger partial charge in [0.1, 0.15) is 0 Å². The number of hydrogen-bond acceptors (Lipinski definition) is 1. The average Bonchev–Trinajstić information content (AvgIpc) is 1.95. The molecule has 0 saturated heterocycles. The number of nitrogen functional groups attached to an aromatic ring is 1. The van der Waals surface area contributed by atoms with Gasteiger partial charge in [-0.25, -0.2) is 4.57 Å². The van der Waals surface area contributed by atoms with E-state index in [2.05, 4.69) is 6.58 Å². The molecule has 11 heavy (non-hydrogen) atoms. The predicted octanol–water partition coefficient (Wildman–Crippen LogP) is -2.25. The fourth-order valence-electron chi connectivity index (χ4n) is 0.740. The molecule has 0 bridgehead atoms. The van der Waals surface area contributed by atoms with Crippen molar-refractivity contribution in [2.45, 2.75) is 6.54 Å². The first-order valence-corrected chi connectivity index (χ1v) is 3.18. The van der Waals surface area contributed by atoms with E-state index in [0.29, 0.717) is 0 Å². The van der Waals surface area contributed by atoms with Gasteiger partial charge >= 0.3 is 0 Å². The SMILES string of the molecule is C=CC[n+]1ccc(N)cc1.[Cl-]. The Bertz CT molecular complexity index is 218. The molecule has 0 unspecified atom stereocenters. The van der Waals surface area contributed by atoms with E-state index >= 15 is 0 Å². The van der Waals surface area contributed by atoms with Crippen molar-refractivity contribution in [3.05, 3.63) is 37.2 Å². The number of anilines is 1. The van der Waals surface area contributed by atoms with Crippen molar-refractivity contribution in [3.8, 4) is 0 Å². The fourth-order valence-corrected chi connectivity index (χ4v) is 0.740. The second kappa shape index (κ2) is 4.74. The Kier molecular flexibility index (Phi) is 4.30. The maximum atomic E-state index is 5.48. The van der Waals surface area contributed by atoms with Gasteiger partial charge in [0.25, 0.3) is 0 Å². The van der Waals surface area contributed by atoms with E-state index in [-0.39, 0.29) is 12.4 Å². The highest BCUT2D eigenvalue weighted by Gasteiger charge is 1.92. The minimum Gasteiger partial charge on any atom is -1.00 e.